The summed E-state index contributed by atoms with van der Waals surface area (Å²) in [6, 6.07) is 13.3. The standard InChI is InChI=1S/C24H26Cl2N2O.C8H15N.C4H11N/c1-16-23(19-11-20(25)13-21(26)12-19)27-15-28(16)22(9-10-24(2,3)4)18-7-5-17(14-29)6-8-18;1-6-9-7(2)8(3,4)5;1-3-4-5-2/h5-8,11-14,22H,1,9-10,15H2,2-4H3;6,9H,1-2H2,3-5H3;5H,3-4H2,1-2H3. The maximum Gasteiger partial charge on any atom is 0.150 e. The zero-order chi connectivity index (χ0) is 32.8. The minimum absolute atomic E-state index is 0.123. The van der Waals surface area contributed by atoms with E-state index in [-0.39, 0.29) is 16.9 Å². The van der Waals surface area contributed by atoms with Crippen molar-refractivity contribution in [2.75, 3.05) is 20.3 Å². The van der Waals surface area contributed by atoms with E-state index in [2.05, 4.69) is 83.7 Å². The number of nitrogens with one attached hydrogen (secondary N) is 2. The lowest BCUT2D eigenvalue weighted by Gasteiger charge is -2.32. The highest BCUT2D eigenvalue weighted by molar-refractivity contribution is 6.35. The molecule has 7 heteroatoms. The van der Waals surface area contributed by atoms with Crippen molar-refractivity contribution >= 4 is 35.2 Å². The highest BCUT2D eigenvalue weighted by atomic mass is 35.5. The molecule has 1 aliphatic heterocycles. The first-order valence-corrected chi connectivity index (χ1v) is 15.6. The molecule has 0 aliphatic carbocycles. The average Bonchev–Trinajstić information content (AvgIpc) is 3.30. The second-order valence-electron chi connectivity index (χ2n) is 12.8. The van der Waals surface area contributed by atoms with Gasteiger partial charge in [0.2, 0.25) is 0 Å². The van der Waals surface area contributed by atoms with E-state index in [1.54, 1.807) is 12.3 Å². The van der Waals surface area contributed by atoms with Gasteiger partial charge < -0.3 is 15.5 Å². The van der Waals surface area contributed by atoms with E-state index in [1.165, 1.54) is 6.42 Å². The van der Waals surface area contributed by atoms with E-state index in [1.807, 2.05) is 43.4 Å². The Balaban J connectivity index is 0.000000549. The van der Waals surface area contributed by atoms with Crippen molar-refractivity contribution in [1.82, 2.24) is 15.5 Å². The molecule has 0 bridgehead atoms. The van der Waals surface area contributed by atoms with Crippen molar-refractivity contribution in [2.45, 2.75) is 73.8 Å². The number of carbonyl (C=O) groups is 1. The fourth-order valence-corrected chi connectivity index (χ4v) is 4.68. The van der Waals surface area contributed by atoms with Crippen LogP contribution in [0.1, 0.15) is 95.3 Å². The lowest BCUT2D eigenvalue weighted by Crippen LogP contribution is -2.27. The first-order chi connectivity index (χ1) is 20.1. The van der Waals surface area contributed by atoms with Gasteiger partial charge in [0.25, 0.3) is 0 Å². The Morgan fingerprint density at radius 2 is 1.65 bits per heavy atom. The van der Waals surface area contributed by atoms with Crippen LogP contribution in [0.2, 0.25) is 10.0 Å². The molecular weight excluding hydrogens is 575 g/mol. The quantitative estimate of drug-likeness (QED) is 0.258. The lowest BCUT2D eigenvalue weighted by molar-refractivity contribution is 0.112. The minimum atomic E-state index is 0.123. The number of benzene rings is 2. The van der Waals surface area contributed by atoms with Crippen LogP contribution < -0.4 is 10.6 Å². The molecule has 1 unspecified atom stereocenters. The summed E-state index contributed by atoms with van der Waals surface area (Å²) in [7, 11) is 1.96. The Hall–Kier alpha value is -2.86. The molecule has 236 valence electrons. The number of hydrogen-bond donors (Lipinski definition) is 2. The number of carbonyl (C=O) groups excluding carboxylic acids is 1. The van der Waals surface area contributed by atoms with Crippen LogP contribution >= 0.6 is 23.2 Å². The summed E-state index contributed by atoms with van der Waals surface area (Å²) >= 11 is 12.4. The Kier molecular flexibility index (Phi) is 16.0. The average molecular weight is 628 g/mol. The van der Waals surface area contributed by atoms with Crippen LogP contribution in [0.15, 0.2) is 84.8 Å². The monoisotopic (exact) mass is 626 g/mol. The van der Waals surface area contributed by atoms with E-state index in [0.717, 1.165) is 53.9 Å². The number of nitrogens with zero attached hydrogens (tertiary/aromatic N) is 2. The highest BCUT2D eigenvalue weighted by Crippen LogP contribution is 2.36. The van der Waals surface area contributed by atoms with E-state index in [9.17, 15) is 4.79 Å². The molecule has 43 heavy (non-hydrogen) atoms. The summed E-state index contributed by atoms with van der Waals surface area (Å²) in [6.07, 6.45) is 5.76. The second kappa shape index (κ2) is 18.1. The maximum atomic E-state index is 11.0. The third-order valence-electron chi connectivity index (χ3n) is 6.82. The fraction of sp³-hybridized carbons (Fsp3) is 0.444. The molecule has 1 atom stereocenters. The van der Waals surface area contributed by atoms with Gasteiger partial charge in [-0.25, -0.2) is 0 Å². The summed E-state index contributed by atoms with van der Waals surface area (Å²) in [4.78, 5) is 18.0. The minimum Gasteiger partial charge on any atom is -0.366 e. The van der Waals surface area contributed by atoms with Crippen molar-refractivity contribution < 1.29 is 4.79 Å². The molecule has 1 aliphatic rings. The zero-order valence-electron chi connectivity index (χ0n) is 27.5. The molecule has 2 aromatic rings. The second-order valence-corrected chi connectivity index (χ2v) is 13.7. The van der Waals surface area contributed by atoms with Gasteiger partial charge in [0.1, 0.15) is 13.0 Å². The van der Waals surface area contributed by atoms with Crippen LogP contribution in [-0.4, -0.2) is 37.2 Å². The van der Waals surface area contributed by atoms with Crippen LogP contribution in [0.4, 0.5) is 0 Å². The van der Waals surface area contributed by atoms with E-state index < -0.39 is 0 Å². The summed E-state index contributed by atoms with van der Waals surface area (Å²) in [5, 5.41) is 7.13. The van der Waals surface area contributed by atoms with Gasteiger partial charge in [-0.1, -0.05) is 116 Å². The van der Waals surface area contributed by atoms with E-state index in [0.29, 0.717) is 22.3 Å². The SMILES string of the molecule is C=C1C(c2cc(Cl)cc(Cl)c2)=NCN1C(CCC(C)(C)C)c1ccc(C=O)cc1.C=CNC(=C)C(C)(C)C.CCCNC. The van der Waals surface area contributed by atoms with Gasteiger partial charge >= 0.3 is 0 Å². The third-order valence-corrected chi connectivity index (χ3v) is 7.26. The van der Waals surface area contributed by atoms with Crippen LogP contribution in [0.25, 0.3) is 0 Å². The first-order valence-electron chi connectivity index (χ1n) is 14.8. The molecule has 0 radical (unpaired) electrons. The fourth-order valence-electron chi connectivity index (χ4n) is 4.15. The molecule has 3 rings (SSSR count). The van der Waals surface area contributed by atoms with Gasteiger partial charge in [-0.2, -0.15) is 0 Å². The van der Waals surface area contributed by atoms with Crippen molar-refractivity contribution in [1.29, 1.82) is 0 Å². The van der Waals surface area contributed by atoms with Crippen molar-refractivity contribution in [3.05, 3.63) is 107 Å². The van der Waals surface area contributed by atoms with Crippen LogP contribution in [0, 0.1) is 10.8 Å². The smallest absolute Gasteiger partial charge is 0.150 e. The van der Waals surface area contributed by atoms with Gasteiger partial charge in [-0.05, 0) is 68.2 Å². The molecule has 0 fully saturated rings. The molecule has 5 nitrogen and oxygen atoms in total. The number of hydrogen-bond acceptors (Lipinski definition) is 5. The van der Waals surface area contributed by atoms with Gasteiger partial charge in [0.05, 0.1) is 17.5 Å². The van der Waals surface area contributed by atoms with E-state index in [4.69, 9.17) is 28.2 Å². The molecule has 0 saturated carbocycles. The molecule has 0 aromatic heterocycles. The molecule has 2 N–H and O–H groups in total. The Morgan fingerprint density at radius 3 is 2.05 bits per heavy atom. The number of halogens is 2. The predicted molar refractivity (Wildman–Crippen MR) is 188 cm³/mol. The molecule has 1 heterocycles. The van der Waals surface area contributed by atoms with Gasteiger partial charge in [-0.3, -0.25) is 9.79 Å². The van der Waals surface area contributed by atoms with Crippen molar-refractivity contribution in [3.63, 3.8) is 0 Å². The molecule has 2 aromatic carbocycles. The van der Waals surface area contributed by atoms with Crippen molar-refractivity contribution in [2.24, 2.45) is 15.8 Å². The number of allylic oxidation sites excluding steroid dienone is 2. The summed E-state index contributed by atoms with van der Waals surface area (Å²) in [6.45, 7) is 28.6. The lowest BCUT2D eigenvalue weighted by atomic mass is 9.86. The van der Waals surface area contributed by atoms with E-state index >= 15 is 0 Å². The molecule has 0 amide bonds. The van der Waals surface area contributed by atoms with Crippen LogP contribution in [-0.2, 0) is 0 Å². The predicted octanol–water partition coefficient (Wildman–Crippen LogP) is 9.84. The van der Waals surface area contributed by atoms with Gasteiger partial charge in [0.15, 0.2) is 0 Å². The largest absolute Gasteiger partial charge is 0.366 e. The Bertz CT molecular complexity index is 1220. The third kappa shape index (κ3) is 13.5. The number of rotatable bonds is 10. The normalized spacial score (nSPS) is 13.6. The summed E-state index contributed by atoms with van der Waals surface area (Å²) in [5.74, 6) is 0. The zero-order valence-corrected chi connectivity index (χ0v) is 29.0. The number of aliphatic imine (C=N–C) groups is 1. The molecule has 0 saturated heterocycles. The first kappa shape index (κ1) is 38.2. The van der Waals surface area contributed by atoms with Gasteiger partial charge in [-0.15, -0.1) is 0 Å². The summed E-state index contributed by atoms with van der Waals surface area (Å²) < 4.78 is 0. The Morgan fingerprint density at radius 1 is 1.07 bits per heavy atom. The molecular formula is C36H52Cl2N4O. The number of aldehydes is 1. The summed E-state index contributed by atoms with van der Waals surface area (Å²) in [5.41, 5.74) is 5.73. The molecule has 0 spiro atoms. The van der Waals surface area contributed by atoms with Crippen LogP contribution in [0.5, 0.6) is 0 Å². The van der Waals surface area contributed by atoms with Gasteiger partial charge in [0, 0.05) is 32.3 Å². The highest BCUT2D eigenvalue weighted by Gasteiger charge is 2.30. The topological polar surface area (TPSA) is 56.7 Å². The Labute approximate surface area is 271 Å². The maximum absolute atomic E-state index is 11.0. The van der Waals surface area contributed by atoms with Crippen molar-refractivity contribution in [3.8, 4) is 0 Å². The van der Waals surface area contributed by atoms with Crippen LogP contribution in [0.3, 0.4) is 0 Å².